The summed E-state index contributed by atoms with van der Waals surface area (Å²) in [4.78, 5) is 6.21. The molecule has 0 radical (unpaired) electrons. The zero-order valence-electron chi connectivity index (χ0n) is 14.8. The van der Waals surface area contributed by atoms with Crippen molar-refractivity contribution in [1.82, 2.24) is 4.98 Å². The van der Waals surface area contributed by atoms with Crippen LogP contribution in [0.3, 0.4) is 0 Å². The minimum atomic E-state index is 0.726. The van der Waals surface area contributed by atoms with E-state index in [1.807, 2.05) is 18.2 Å². The summed E-state index contributed by atoms with van der Waals surface area (Å²) in [5.41, 5.74) is 3.51. The largest absolute Gasteiger partial charge is 0.493 e. The van der Waals surface area contributed by atoms with Gasteiger partial charge in [-0.05, 0) is 18.2 Å². The molecule has 3 rings (SSSR count). The van der Waals surface area contributed by atoms with Crippen LogP contribution in [0, 0.1) is 0 Å². The average molecular weight is 355 g/mol. The van der Waals surface area contributed by atoms with E-state index in [1.54, 1.807) is 25.6 Å². The molecule has 0 spiro atoms. The molecule has 0 saturated heterocycles. The summed E-state index contributed by atoms with van der Waals surface area (Å²) in [5.74, 6) is 1.46. The second-order valence-corrected chi connectivity index (χ2v) is 6.87. The highest BCUT2D eigenvalue weighted by Gasteiger charge is 2.12. The molecule has 0 aliphatic carbocycles. The molecule has 0 bridgehead atoms. The second-order valence-electron chi connectivity index (χ2n) is 6.01. The Labute approximate surface area is 152 Å². The van der Waals surface area contributed by atoms with Gasteiger partial charge >= 0.3 is 0 Å². The molecular formula is C20H23N2O2S+. The number of rotatable bonds is 7. The van der Waals surface area contributed by atoms with Gasteiger partial charge in [-0.1, -0.05) is 30.3 Å². The fourth-order valence-corrected chi connectivity index (χ4v) is 3.62. The third-order valence-corrected chi connectivity index (χ3v) is 4.95. The average Bonchev–Trinajstić information content (AvgIpc) is 3.10. The topological polar surface area (TPSA) is 35.8 Å². The maximum Gasteiger partial charge on any atom is 0.161 e. The molecule has 1 N–H and O–H groups in total. The van der Waals surface area contributed by atoms with E-state index in [4.69, 9.17) is 14.5 Å². The van der Waals surface area contributed by atoms with Crippen molar-refractivity contribution in [3.8, 4) is 22.1 Å². The minimum absolute atomic E-state index is 0.726. The van der Waals surface area contributed by atoms with Crippen molar-refractivity contribution in [2.24, 2.45) is 0 Å². The summed E-state index contributed by atoms with van der Waals surface area (Å²) in [6.07, 6.45) is 0. The molecule has 0 fully saturated rings. The van der Waals surface area contributed by atoms with Crippen LogP contribution in [0.1, 0.15) is 11.3 Å². The maximum absolute atomic E-state index is 5.38. The van der Waals surface area contributed by atoms with Crippen molar-refractivity contribution in [2.45, 2.75) is 13.1 Å². The Kier molecular flexibility index (Phi) is 5.68. The number of quaternary nitrogens is 1. The van der Waals surface area contributed by atoms with Gasteiger partial charge < -0.3 is 14.4 Å². The van der Waals surface area contributed by atoms with Crippen LogP contribution in [0.5, 0.6) is 11.5 Å². The smallest absolute Gasteiger partial charge is 0.161 e. The summed E-state index contributed by atoms with van der Waals surface area (Å²) in [5, 5.41) is 3.14. The molecule has 1 aromatic heterocycles. The molecule has 25 heavy (non-hydrogen) atoms. The van der Waals surface area contributed by atoms with Crippen LogP contribution in [-0.2, 0) is 13.1 Å². The van der Waals surface area contributed by atoms with Crippen molar-refractivity contribution in [2.75, 3.05) is 21.3 Å². The van der Waals surface area contributed by atoms with E-state index in [0.29, 0.717) is 0 Å². The van der Waals surface area contributed by atoms with Crippen LogP contribution in [0.2, 0.25) is 0 Å². The van der Waals surface area contributed by atoms with Crippen molar-refractivity contribution >= 4 is 11.3 Å². The number of hydrogen-bond acceptors (Lipinski definition) is 4. The van der Waals surface area contributed by atoms with E-state index in [0.717, 1.165) is 40.9 Å². The van der Waals surface area contributed by atoms with Crippen molar-refractivity contribution < 1.29 is 14.4 Å². The molecule has 5 heteroatoms. The maximum atomic E-state index is 5.38. The molecule has 1 unspecified atom stereocenters. The molecule has 0 amide bonds. The van der Waals surface area contributed by atoms with Crippen LogP contribution < -0.4 is 14.4 Å². The highest BCUT2D eigenvalue weighted by Crippen LogP contribution is 2.33. The molecule has 1 heterocycles. The predicted octanol–water partition coefficient (Wildman–Crippen LogP) is 3.04. The Hall–Kier alpha value is -2.37. The van der Waals surface area contributed by atoms with Gasteiger partial charge in [-0.25, -0.2) is 4.98 Å². The van der Waals surface area contributed by atoms with E-state index < -0.39 is 0 Å². The lowest BCUT2D eigenvalue weighted by atomic mass is 10.2. The number of benzene rings is 2. The summed E-state index contributed by atoms with van der Waals surface area (Å²) < 4.78 is 10.7. The summed E-state index contributed by atoms with van der Waals surface area (Å²) in [6.45, 7) is 1.89. The zero-order valence-corrected chi connectivity index (χ0v) is 15.6. The number of hydrogen-bond donors (Lipinski definition) is 1. The van der Waals surface area contributed by atoms with Gasteiger partial charge in [-0.3, -0.25) is 0 Å². The number of aromatic nitrogens is 1. The molecule has 4 nitrogen and oxygen atoms in total. The quantitative estimate of drug-likeness (QED) is 0.708. The van der Waals surface area contributed by atoms with Gasteiger partial charge in [0.25, 0.3) is 0 Å². The lowest BCUT2D eigenvalue weighted by molar-refractivity contribution is -0.908. The lowest BCUT2D eigenvalue weighted by Crippen LogP contribution is -3.06. The van der Waals surface area contributed by atoms with E-state index in [1.165, 1.54) is 10.5 Å². The van der Waals surface area contributed by atoms with Crippen LogP contribution >= 0.6 is 11.3 Å². The first-order valence-corrected chi connectivity index (χ1v) is 9.09. The normalized spacial score (nSPS) is 12.0. The molecule has 0 saturated carbocycles. The van der Waals surface area contributed by atoms with Gasteiger partial charge in [0.1, 0.15) is 23.8 Å². The van der Waals surface area contributed by atoms with Crippen LogP contribution in [0.4, 0.5) is 0 Å². The Morgan fingerprint density at radius 3 is 2.44 bits per heavy atom. The van der Waals surface area contributed by atoms with Gasteiger partial charge in [0.15, 0.2) is 11.5 Å². The standard InChI is InChI=1S/C20H22N2O2S/c1-22(12-15-7-5-4-6-8-15)13-17-14-25-20(21-17)16-9-10-18(23-2)19(11-16)24-3/h4-11,14H,12-13H2,1-3H3/p+1. The zero-order chi connectivity index (χ0) is 17.6. The molecule has 1 atom stereocenters. The lowest BCUT2D eigenvalue weighted by Gasteiger charge is -2.12. The molecule has 130 valence electrons. The number of nitrogens with zero attached hydrogens (tertiary/aromatic N) is 1. The third kappa shape index (κ3) is 4.38. The number of methoxy groups -OCH3 is 2. The Balaban J connectivity index is 1.70. The highest BCUT2D eigenvalue weighted by atomic mass is 32.1. The third-order valence-electron chi connectivity index (χ3n) is 4.01. The van der Waals surface area contributed by atoms with Crippen LogP contribution in [-0.4, -0.2) is 26.3 Å². The first kappa shape index (κ1) is 17.5. The van der Waals surface area contributed by atoms with Gasteiger partial charge in [0, 0.05) is 16.5 Å². The highest BCUT2D eigenvalue weighted by molar-refractivity contribution is 7.13. The van der Waals surface area contributed by atoms with Gasteiger partial charge in [0.2, 0.25) is 0 Å². The van der Waals surface area contributed by atoms with E-state index in [2.05, 4.69) is 42.8 Å². The predicted molar refractivity (Wildman–Crippen MR) is 101 cm³/mol. The van der Waals surface area contributed by atoms with Crippen LogP contribution in [0.15, 0.2) is 53.9 Å². The molecule has 0 aliphatic heterocycles. The first-order valence-electron chi connectivity index (χ1n) is 8.21. The SMILES string of the molecule is COc1ccc(-c2nc(C[NH+](C)Cc3ccccc3)cs2)cc1OC. The second kappa shape index (κ2) is 8.14. The Bertz CT molecular complexity index is 818. The first-order chi connectivity index (χ1) is 12.2. The van der Waals surface area contributed by atoms with Gasteiger partial charge in [0.05, 0.1) is 21.3 Å². The fraction of sp³-hybridized carbons (Fsp3) is 0.250. The minimum Gasteiger partial charge on any atom is -0.493 e. The van der Waals surface area contributed by atoms with Crippen molar-refractivity contribution in [3.63, 3.8) is 0 Å². The summed E-state index contributed by atoms with van der Waals surface area (Å²) in [7, 11) is 5.49. The number of thiazole rings is 1. The Morgan fingerprint density at radius 1 is 0.960 bits per heavy atom. The van der Waals surface area contributed by atoms with Crippen LogP contribution in [0.25, 0.3) is 10.6 Å². The van der Waals surface area contributed by atoms with Gasteiger partial charge in [-0.15, -0.1) is 11.3 Å². The summed E-state index contributed by atoms with van der Waals surface area (Å²) in [6, 6.07) is 16.5. The molecule has 2 aromatic carbocycles. The van der Waals surface area contributed by atoms with E-state index in [9.17, 15) is 0 Å². The molecule has 3 aromatic rings. The monoisotopic (exact) mass is 355 g/mol. The Morgan fingerprint density at radius 2 is 1.72 bits per heavy atom. The molecule has 0 aliphatic rings. The van der Waals surface area contributed by atoms with Gasteiger partial charge in [-0.2, -0.15) is 0 Å². The fourth-order valence-electron chi connectivity index (χ4n) is 2.81. The van der Waals surface area contributed by atoms with Crippen molar-refractivity contribution in [1.29, 1.82) is 0 Å². The number of nitrogens with one attached hydrogen (secondary N) is 1. The summed E-state index contributed by atoms with van der Waals surface area (Å²) >= 11 is 1.66. The van der Waals surface area contributed by atoms with E-state index >= 15 is 0 Å². The van der Waals surface area contributed by atoms with Crippen molar-refractivity contribution in [3.05, 3.63) is 65.2 Å². The van der Waals surface area contributed by atoms with E-state index in [-0.39, 0.29) is 0 Å². The molecular weight excluding hydrogens is 332 g/mol. The number of ether oxygens (including phenoxy) is 2.